The molecule has 22 heavy (non-hydrogen) atoms. The molecule has 0 aliphatic carbocycles. The van der Waals surface area contributed by atoms with Crippen LogP contribution in [-0.4, -0.2) is 18.5 Å². The molecule has 0 aliphatic rings. The SMILES string of the molecule is Cc1ccc([C@@H](C)NC(=O)COC(=O)c2cccs2)cc1C. The summed E-state index contributed by atoms with van der Waals surface area (Å²) in [4.78, 5) is 24.0. The number of esters is 1. The third-order valence-corrected chi connectivity index (χ3v) is 4.32. The van der Waals surface area contributed by atoms with E-state index < -0.39 is 5.97 Å². The fourth-order valence-corrected chi connectivity index (χ4v) is 2.61. The highest BCUT2D eigenvalue weighted by atomic mass is 32.1. The molecule has 1 atom stereocenters. The van der Waals surface area contributed by atoms with Gasteiger partial charge >= 0.3 is 5.97 Å². The first-order valence-electron chi connectivity index (χ1n) is 7.04. The predicted molar refractivity (Wildman–Crippen MR) is 87.1 cm³/mol. The lowest BCUT2D eigenvalue weighted by Gasteiger charge is -2.15. The Morgan fingerprint density at radius 3 is 2.64 bits per heavy atom. The lowest BCUT2D eigenvalue weighted by molar-refractivity contribution is -0.124. The van der Waals surface area contributed by atoms with E-state index in [1.807, 2.05) is 32.9 Å². The van der Waals surface area contributed by atoms with Crippen molar-refractivity contribution in [1.29, 1.82) is 0 Å². The van der Waals surface area contributed by atoms with Crippen LogP contribution in [0.3, 0.4) is 0 Å². The van der Waals surface area contributed by atoms with Crippen LogP contribution < -0.4 is 5.32 Å². The van der Waals surface area contributed by atoms with Crippen LogP contribution in [0.25, 0.3) is 0 Å². The van der Waals surface area contributed by atoms with Gasteiger partial charge in [-0.2, -0.15) is 0 Å². The van der Waals surface area contributed by atoms with Gasteiger partial charge in [-0.1, -0.05) is 24.3 Å². The van der Waals surface area contributed by atoms with Crippen LogP contribution in [0.5, 0.6) is 0 Å². The molecule has 1 heterocycles. The summed E-state index contributed by atoms with van der Waals surface area (Å²) in [7, 11) is 0. The van der Waals surface area contributed by atoms with Crippen molar-refractivity contribution in [1.82, 2.24) is 5.32 Å². The molecule has 2 aromatic rings. The van der Waals surface area contributed by atoms with E-state index in [1.54, 1.807) is 17.5 Å². The zero-order chi connectivity index (χ0) is 16.1. The van der Waals surface area contributed by atoms with E-state index in [2.05, 4.69) is 11.4 Å². The summed E-state index contributed by atoms with van der Waals surface area (Å²) in [6, 6.07) is 9.38. The molecular formula is C17H19NO3S. The van der Waals surface area contributed by atoms with Gasteiger partial charge in [0.25, 0.3) is 5.91 Å². The Labute approximate surface area is 134 Å². The summed E-state index contributed by atoms with van der Waals surface area (Å²) in [6.45, 7) is 5.72. The highest BCUT2D eigenvalue weighted by Gasteiger charge is 2.14. The first-order chi connectivity index (χ1) is 10.5. The van der Waals surface area contributed by atoms with Crippen LogP contribution in [0.4, 0.5) is 0 Å². The lowest BCUT2D eigenvalue weighted by Crippen LogP contribution is -2.31. The Morgan fingerprint density at radius 2 is 2.00 bits per heavy atom. The number of carbonyl (C=O) groups is 2. The Hall–Kier alpha value is -2.14. The van der Waals surface area contributed by atoms with E-state index in [1.165, 1.54) is 22.5 Å². The number of aryl methyl sites for hydroxylation is 2. The molecule has 1 aromatic heterocycles. The number of ether oxygens (including phenoxy) is 1. The number of thiophene rings is 1. The highest BCUT2D eigenvalue weighted by Crippen LogP contribution is 2.16. The maximum absolute atomic E-state index is 11.9. The molecule has 5 heteroatoms. The van der Waals surface area contributed by atoms with Crippen molar-refractivity contribution < 1.29 is 14.3 Å². The molecule has 2 rings (SSSR count). The molecule has 0 saturated heterocycles. The molecule has 0 saturated carbocycles. The number of hydrogen-bond acceptors (Lipinski definition) is 4. The minimum absolute atomic E-state index is 0.132. The van der Waals surface area contributed by atoms with E-state index in [-0.39, 0.29) is 18.6 Å². The van der Waals surface area contributed by atoms with E-state index in [9.17, 15) is 9.59 Å². The van der Waals surface area contributed by atoms with Crippen LogP contribution in [-0.2, 0) is 9.53 Å². The third-order valence-electron chi connectivity index (χ3n) is 3.47. The second-order valence-corrected chi connectivity index (χ2v) is 6.13. The van der Waals surface area contributed by atoms with Crippen LogP contribution in [0.2, 0.25) is 0 Å². The second-order valence-electron chi connectivity index (χ2n) is 5.19. The zero-order valence-corrected chi connectivity index (χ0v) is 13.7. The van der Waals surface area contributed by atoms with E-state index in [4.69, 9.17) is 4.74 Å². The minimum Gasteiger partial charge on any atom is -0.451 e. The summed E-state index contributed by atoms with van der Waals surface area (Å²) >= 11 is 1.29. The smallest absolute Gasteiger partial charge is 0.348 e. The topological polar surface area (TPSA) is 55.4 Å². The number of benzene rings is 1. The largest absolute Gasteiger partial charge is 0.451 e. The molecule has 0 radical (unpaired) electrons. The Balaban J connectivity index is 1.86. The predicted octanol–water partition coefficient (Wildman–Crippen LogP) is 3.40. The van der Waals surface area contributed by atoms with Gasteiger partial charge < -0.3 is 10.1 Å². The summed E-state index contributed by atoms with van der Waals surface area (Å²) < 4.78 is 4.99. The number of hydrogen-bond donors (Lipinski definition) is 1. The van der Waals surface area contributed by atoms with Gasteiger partial charge in [-0.15, -0.1) is 11.3 Å². The minimum atomic E-state index is -0.469. The zero-order valence-electron chi connectivity index (χ0n) is 12.9. The van der Waals surface area contributed by atoms with Crippen molar-refractivity contribution in [3.8, 4) is 0 Å². The van der Waals surface area contributed by atoms with Crippen molar-refractivity contribution in [2.24, 2.45) is 0 Å². The highest BCUT2D eigenvalue weighted by molar-refractivity contribution is 7.11. The van der Waals surface area contributed by atoms with Crippen molar-refractivity contribution in [2.45, 2.75) is 26.8 Å². The molecule has 1 amide bonds. The summed E-state index contributed by atoms with van der Waals surface area (Å²) in [5.41, 5.74) is 3.43. The molecule has 4 nitrogen and oxygen atoms in total. The maximum Gasteiger partial charge on any atom is 0.348 e. The monoisotopic (exact) mass is 317 g/mol. The summed E-state index contributed by atoms with van der Waals surface area (Å²) in [6.07, 6.45) is 0. The standard InChI is InChI=1S/C17H19NO3S/c1-11-6-7-14(9-12(11)2)13(3)18-16(19)10-21-17(20)15-5-4-8-22-15/h4-9,13H,10H2,1-3H3,(H,18,19)/t13-/m1/s1. The Morgan fingerprint density at radius 1 is 1.23 bits per heavy atom. The average Bonchev–Trinajstić information content (AvgIpc) is 3.02. The van der Waals surface area contributed by atoms with E-state index in [0.717, 1.165) is 5.56 Å². The molecule has 0 fully saturated rings. The number of nitrogens with one attached hydrogen (secondary N) is 1. The van der Waals surface area contributed by atoms with Crippen LogP contribution in [0.15, 0.2) is 35.7 Å². The first-order valence-corrected chi connectivity index (χ1v) is 7.92. The van der Waals surface area contributed by atoms with E-state index >= 15 is 0 Å². The van der Waals surface area contributed by atoms with Crippen molar-refractivity contribution in [3.63, 3.8) is 0 Å². The van der Waals surface area contributed by atoms with Gasteiger partial charge in [0.2, 0.25) is 0 Å². The fraction of sp³-hybridized carbons (Fsp3) is 0.294. The molecule has 1 N–H and O–H groups in total. The molecular weight excluding hydrogens is 298 g/mol. The lowest BCUT2D eigenvalue weighted by atomic mass is 10.0. The maximum atomic E-state index is 11.9. The molecule has 0 spiro atoms. The van der Waals surface area contributed by atoms with Gasteiger partial charge in [0.15, 0.2) is 6.61 Å². The molecule has 0 bridgehead atoms. The molecule has 0 aliphatic heterocycles. The van der Waals surface area contributed by atoms with Gasteiger partial charge in [-0.3, -0.25) is 4.79 Å². The van der Waals surface area contributed by atoms with Gasteiger partial charge in [0.1, 0.15) is 4.88 Å². The molecule has 1 aromatic carbocycles. The fourth-order valence-electron chi connectivity index (χ4n) is 2.00. The first kappa shape index (κ1) is 16.2. The Bertz CT molecular complexity index is 665. The normalized spacial score (nSPS) is 11.8. The summed E-state index contributed by atoms with van der Waals surface area (Å²) in [5.74, 6) is -0.778. The third kappa shape index (κ3) is 4.18. The quantitative estimate of drug-likeness (QED) is 0.860. The Kier molecular flexibility index (Phi) is 5.33. The van der Waals surface area contributed by atoms with Crippen LogP contribution in [0.1, 0.15) is 39.3 Å². The molecule has 116 valence electrons. The van der Waals surface area contributed by atoms with Gasteiger partial charge in [-0.05, 0) is 48.9 Å². The van der Waals surface area contributed by atoms with Gasteiger partial charge in [-0.25, -0.2) is 4.79 Å². The number of rotatable bonds is 5. The van der Waals surface area contributed by atoms with E-state index in [0.29, 0.717) is 4.88 Å². The number of carbonyl (C=O) groups excluding carboxylic acids is 2. The molecule has 0 unspecified atom stereocenters. The van der Waals surface area contributed by atoms with Gasteiger partial charge in [0.05, 0.1) is 6.04 Å². The van der Waals surface area contributed by atoms with Gasteiger partial charge in [0, 0.05) is 0 Å². The second kappa shape index (κ2) is 7.22. The average molecular weight is 317 g/mol. The van der Waals surface area contributed by atoms with Crippen LogP contribution in [0, 0.1) is 13.8 Å². The van der Waals surface area contributed by atoms with Crippen molar-refractivity contribution >= 4 is 23.2 Å². The van der Waals surface area contributed by atoms with Crippen LogP contribution >= 0.6 is 11.3 Å². The van der Waals surface area contributed by atoms with Crippen molar-refractivity contribution in [3.05, 3.63) is 57.3 Å². The summed E-state index contributed by atoms with van der Waals surface area (Å²) in [5, 5.41) is 4.62. The number of amides is 1. The van der Waals surface area contributed by atoms with Crippen molar-refractivity contribution in [2.75, 3.05) is 6.61 Å².